The second-order valence-corrected chi connectivity index (χ2v) is 7.06. The predicted octanol–water partition coefficient (Wildman–Crippen LogP) is 2.84. The summed E-state index contributed by atoms with van der Waals surface area (Å²) in [5, 5.41) is 3.86. The van der Waals surface area contributed by atoms with E-state index in [-0.39, 0.29) is 18.5 Å². The lowest BCUT2D eigenvalue weighted by Crippen LogP contribution is -2.61. The molecule has 0 radical (unpaired) electrons. The number of ketones is 1. The molecule has 9 heteroatoms. The molecule has 8 nitrogen and oxygen atoms in total. The minimum Gasteiger partial charge on any atom is -0.367 e. The first-order chi connectivity index (χ1) is 12.6. The molecule has 0 amide bonds. The van der Waals surface area contributed by atoms with Crippen LogP contribution in [0.15, 0.2) is 35.4 Å². The number of ether oxygens (including phenoxy) is 4. The van der Waals surface area contributed by atoms with E-state index in [1.807, 2.05) is 36.6 Å². The molecule has 140 valence electrons. The summed E-state index contributed by atoms with van der Waals surface area (Å²) < 4.78 is 23.7. The van der Waals surface area contributed by atoms with Crippen LogP contribution in [0.4, 0.5) is 0 Å². The van der Waals surface area contributed by atoms with Crippen molar-refractivity contribution in [1.82, 2.24) is 0 Å². The molecule has 2 fully saturated rings. The summed E-state index contributed by atoms with van der Waals surface area (Å²) >= 11 is 1.42. The van der Waals surface area contributed by atoms with E-state index in [0.29, 0.717) is 6.61 Å². The summed E-state index contributed by atoms with van der Waals surface area (Å²) in [5.41, 5.74) is 9.44. The number of Topliss-reactive ketones (excluding diaryl/α,β-unsaturated/α-hetero) is 1. The molecule has 3 rings (SSSR count). The molecule has 1 aromatic rings. The van der Waals surface area contributed by atoms with Crippen molar-refractivity contribution < 1.29 is 23.7 Å². The minimum absolute atomic E-state index is 0.0767. The van der Waals surface area contributed by atoms with Gasteiger partial charge in [-0.05, 0) is 18.7 Å². The van der Waals surface area contributed by atoms with Crippen molar-refractivity contribution in [3.8, 4) is 0 Å². The van der Waals surface area contributed by atoms with Crippen LogP contribution >= 0.6 is 11.8 Å². The summed E-state index contributed by atoms with van der Waals surface area (Å²) in [6.07, 6.45) is -0.172. The Morgan fingerprint density at radius 1 is 1.38 bits per heavy atom. The first kappa shape index (κ1) is 19.2. The average molecular weight is 379 g/mol. The van der Waals surface area contributed by atoms with E-state index >= 15 is 0 Å². The molecule has 2 aliphatic heterocycles. The lowest BCUT2D eigenvalue weighted by molar-refractivity contribution is -0.309. The van der Waals surface area contributed by atoms with Crippen molar-refractivity contribution in [2.24, 2.45) is 5.11 Å². The van der Waals surface area contributed by atoms with Crippen molar-refractivity contribution in [3.05, 3.63) is 46.3 Å². The van der Waals surface area contributed by atoms with Gasteiger partial charge in [0.2, 0.25) is 0 Å². The van der Waals surface area contributed by atoms with Gasteiger partial charge in [-0.2, -0.15) is 0 Å². The van der Waals surface area contributed by atoms with Crippen molar-refractivity contribution >= 4 is 17.5 Å². The lowest BCUT2D eigenvalue weighted by atomic mass is 9.97. The highest BCUT2D eigenvalue weighted by molar-refractivity contribution is 7.99. The maximum atomic E-state index is 11.4. The molecule has 2 saturated heterocycles. The van der Waals surface area contributed by atoms with Gasteiger partial charge in [-0.3, -0.25) is 4.79 Å². The van der Waals surface area contributed by atoms with E-state index in [1.54, 1.807) is 0 Å². The first-order valence-electron chi connectivity index (χ1n) is 8.29. The monoisotopic (exact) mass is 379 g/mol. The number of benzene rings is 1. The van der Waals surface area contributed by atoms with Crippen molar-refractivity contribution in [2.45, 2.75) is 43.0 Å². The third-order valence-electron chi connectivity index (χ3n) is 4.28. The maximum absolute atomic E-state index is 11.4. The van der Waals surface area contributed by atoms with Crippen LogP contribution in [0.2, 0.25) is 0 Å². The number of hydrogen-bond donors (Lipinski definition) is 0. The Kier molecular flexibility index (Phi) is 6.53. The first-order valence-corrected chi connectivity index (χ1v) is 9.58. The third-order valence-corrected chi connectivity index (χ3v) is 5.13. The molecular weight excluding hydrogens is 358 g/mol. The molecule has 0 aromatic heterocycles. The largest absolute Gasteiger partial charge is 0.367 e. The Morgan fingerprint density at radius 2 is 2.15 bits per heavy atom. The fourth-order valence-electron chi connectivity index (χ4n) is 3.12. The summed E-state index contributed by atoms with van der Waals surface area (Å²) in [5.74, 6) is -0.111. The Labute approximate surface area is 155 Å². The Hall–Kier alpha value is -1.61. The Balaban J connectivity index is 1.85. The van der Waals surface area contributed by atoms with Gasteiger partial charge >= 0.3 is 0 Å². The van der Waals surface area contributed by atoms with Crippen LogP contribution < -0.4 is 0 Å². The highest BCUT2D eigenvalue weighted by Crippen LogP contribution is 2.38. The Bertz CT molecular complexity index is 670. The molecule has 0 saturated carbocycles. The van der Waals surface area contributed by atoms with Crippen LogP contribution in [0, 0.1) is 0 Å². The number of carbonyl (C=O) groups excluding carboxylic acids is 1. The number of rotatable bonds is 6. The third kappa shape index (κ3) is 4.20. The van der Waals surface area contributed by atoms with E-state index in [2.05, 4.69) is 10.0 Å². The smallest absolute Gasteiger partial charge is 0.184 e. The van der Waals surface area contributed by atoms with Crippen molar-refractivity contribution in [2.75, 3.05) is 19.5 Å². The van der Waals surface area contributed by atoms with Crippen LogP contribution in [-0.4, -0.2) is 55.0 Å². The minimum atomic E-state index is -0.606. The standard InChI is InChI=1S/C17H21N3O5S/c1-10(21)8-22-15-13(19-20-18)17(26-2)24-12-9-23-16(25-14(12)15)11-6-4-3-5-7-11/h3-7,12-17H,8-9H2,1-2H3/t12?,13?,14-,15+,16?,17-/m0/s1. The number of hydrogen-bond acceptors (Lipinski definition) is 7. The molecule has 2 heterocycles. The predicted molar refractivity (Wildman–Crippen MR) is 95.5 cm³/mol. The van der Waals surface area contributed by atoms with Crippen LogP contribution in [0.5, 0.6) is 0 Å². The van der Waals surface area contributed by atoms with Gasteiger partial charge in [0.1, 0.15) is 30.3 Å². The SMILES string of the molecule is CS[C@@H]1OC2COC(c3ccccc3)O[C@@H]2[C@H](OCC(C)=O)C1N=[N+]=[N-]. The second kappa shape index (κ2) is 8.85. The average Bonchev–Trinajstić information content (AvgIpc) is 2.67. The topological polar surface area (TPSA) is 103 Å². The molecule has 0 N–H and O–H groups in total. The highest BCUT2D eigenvalue weighted by Gasteiger charge is 2.50. The van der Waals surface area contributed by atoms with Gasteiger partial charge in [-0.1, -0.05) is 35.4 Å². The summed E-state index contributed by atoms with van der Waals surface area (Å²) in [7, 11) is 0. The fourth-order valence-corrected chi connectivity index (χ4v) is 3.86. The van der Waals surface area contributed by atoms with Crippen molar-refractivity contribution in [3.63, 3.8) is 0 Å². The van der Waals surface area contributed by atoms with Gasteiger partial charge in [-0.25, -0.2) is 0 Å². The normalized spacial score (nSPS) is 33.8. The number of fused-ring (bicyclic) bond motifs is 1. The van der Waals surface area contributed by atoms with Gasteiger partial charge in [0.25, 0.3) is 0 Å². The van der Waals surface area contributed by atoms with E-state index in [4.69, 9.17) is 24.5 Å². The van der Waals surface area contributed by atoms with E-state index < -0.39 is 30.0 Å². The molecule has 6 atom stereocenters. The zero-order chi connectivity index (χ0) is 18.5. The fraction of sp³-hybridized carbons (Fsp3) is 0.588. The molecule has 2 aliphatic rings. The van der Waals surface area contributed by atoms with Gasteiger partial charge in [0.05, 0.1) is 12.7 Å². The van der Waals surface area contributed by atoms with Gasteiger partial charge in [0, 0.05) is 10.5 Å². The van der Waals surface area contributed by atoms with Crippen LogP contribution in [-0.2, 0) is 23.7 Å². The number of azide groups is 1. The molecule has 1 aromatic carbocycles. The zero-order valence-corrected chi connectivity index (χ0v) is 15.4. The van der Waals surface area contributed by atoms with Gasteiger partial charge in [-0.15, -0.1) is 11.8 Å². The molecule has 3 unspecified atom stereocenters. The van der Waals surface area contributed by atoms with E-state index in [1.165, 1.54) is 18.7 Å². The molecule has 0 aliphatic carbocycles. The van der Waals surface area contributed by atoms with Crippen molar-refractivity contribution in [1.29, 1.82) is 0 Å². The summed E-state index contributed by atoms with van der Waals surface area (Å²) in [6, 6.07) is 8.94. The van der Waals surface area contributed by atoms with Crippen LogP contribution in [0.3, 0.4) is 0 Å². The molecule has 26 heavy (non-hydrogen) atoms. The molecule has 0 spiro atoms. The van der Waals surface area contributed by atoms with E-state index in [9.17, 15) is 4.79 Å². The highest BCUT2D eigenvalue weighted by atomic mass is 32.2. The zero-order valence-electron chi connectivity index (χ0n) is 14.6. The van der Waals surface area contributed by atoms with Gasteiger partial charge < -0.3 is 18.9 Å². The summed E-state index contributed by atoms with van der Waals surface area (Å²) in [6.45, 7) is 1.69. The van der Waals surface area contributed by atoms with Gasteiger partial charge in [0.15, 0.2) is 12.1 Å². The summed E-state index contributed by atoms with van der Waals surface area (Å²) in [4.78, 5) is 14.3. The second-order valence-electron chi connectivity index (χ2n) is 6.13. The lowest BCUT2D eigenvalue weighted by Gasteiger charge is -2.48. The quantitative estimate of drug-likeness (QED) is 0.428. The van der Waals surface area contributed by atoms with Crippen LogP contribution in [0.1, 0.15) is 18.8 Å². The molecule has 0 bridgehead atoms. The Morgan fingerprint density at radius 3 is 2.81 bits per heavy atom. The molecular formula is C17H21N3O5S. The number of carbonyl (C=O) groups is 1. The number of thioether (sulfide) groups is 1. The maximum Gasteiger partial charge on any atom is 0.184 e. The number of nitrogens with zero attached hydrogens (tertiary/aromatic N) is 3. The van der Waals surface area contributed by atoms with E-state index in [0.717, 1.165) is 5.56 Å². The van der Waals surface area contributed by atoms with Crippen LogP contribution in [0.25, 0.3) is 10.4 Å².